The van der Waals surface area contributed by atoms with Gasteiger partial charge in [0.2, 0.25) is 5.72 Å². The molecule has 5 rings (SSSR count). The van der Waals surface area contributed by atoms with Crippen LogP contribution in [0.3, 0.4) is 0 Å². The summed E-state index contributed by atoms with van der Waals surface area (Å²) < 4.78 is 33.8. The molecule has 1 saturated heterocycles. The summed E-state index contributed by atoms with van der Waals surface area (Å²) in [4.78, 5) is 44.1. The largest absolute Gasteiger partial charge is 0.459 e. The number of halogens is 1. The van der Waals surface area contributed by atoms with Gasteiger partial charge in [0.1, 0.15) is 24.6 Å². The van der Waals surface area contributed by atoms with Gasteiger partial charge in [0, 0.05) is 17.4 Å². The Labute approximate surface area is 231 Å². The topological polar surface area (TPSA) is 170 Å². The van der Waals surface area contributed by atoms with E-state index in [1.54, 1.807) is 48.5 Å². The van der Waals surface area contributed by atoms with Gasteiger partial charge in [-0.1, -0.05) is 41.5 Å². The minimum atomic E-state index is -2.24. The molecule has 2 aromatic heterocycles. The first kappa shape index (κ1) is 27.2. The summed E-state index contributed by atoms with van der Waals surface area (Å²) in [5.41, 5.74) is 8.11. The van der Waals surface area contributed by atoms with E-state index in [1.807, 2.05) is 0 Å². The lowest BCUT2D eigenvalue weighted by Crippen LogP contribution is -2.47. The van der Waals surface area contributed by atoms with Crippen molar-refractivity contribution in [2.75, 3.05) is 11.9 Å². The van der Waals surface area contributed by atoms with Crippen LogP contribution in [0.2, 0.25) is 0 Å². The molecule has 1 amide bonds. The predicted molar refractivity (Wildman–Crippen MR) is 140 cm³/mol. The second kappa shape index (κ2) is 11.4. The van der Waals surface area contributed by atoms with E-state index in [-0.39, 0.29) is 17.1 Å². The van der Waals surface area contributed by atoms with E-state index in [0.29, 0.717) is 11.1 Å². The van der Waals surface area contributed by atoms with E-state index in [0.717, 1.165) is 13.3 Å². The first-order chi connectivity index (χ1) is 19.8. The zero-order valence-corrected chi connectivity index (χ0v) is 21.5. The van der Waals surface area contributed by atoms with Crippen LogP contribution < -0.4 is 5.32 Å². The molecular weight excluding hydrogens is 537 g/mol. The van der Waals surface area contributed by atoms with Gasteiger partial charge in [-0.05, 0) is 41.9 Å². The molecule has 0 spiro atoms. The number of nitrogens with one attached hydrogen (secondary N) is 1. The zero-order valence-electron chi connectivity index (χ0n) is 21.5. The molecule has 0 radical (unpaired) electrons. The van der Waals surface area contributed by atoms with Crippen LogP contribution in [0.1, 0.15) is 39.4 Å². The summed E-state index contributed by atoms with van der Waals surface area (Å²) in [5.74, 6) is -1.95. The average Bonchev–Trinajstić information content (AvgIpc) is 3.53. The monoisotopic (exact) mass is 559 g/mol. The van der Waals surface area contributed by atoms with Crippen LogP contribution in [0.15, 0.2) is 84.2 Å². The lowest BCUT2D eigenvalue weighted by molar-refractivity contribution is -0.164. The Morgan fingerprint density at radius 3 is 2.44 bits per heavy atom. The maximum atomic E-state index is 16.0. The average molecular weight is 560 g/mol. The van der Waals surface area contributed by atoms with E-state index in [9.17, 15) is 19.9 Å². The van der Waals surface area contributed by atoms with Gasteiger partial charge in [-0.2, -0.15) is 5.10 Å². The van der Waals surface area contributed by atoms with Crippen molar-refractivity contribution in [1.82, 2.24) is 14.6 Å². The molecule has 1 fully saturated rings. The third kappa shape index (κ3) is 5.41. The molecular formula is C27H22FN7O6. The fraction of sp³-hybridized carbons (Fsp3) is 0.222. The number of amides is 1. The number of alkyl halides is 1. The van der Waals surface area contributed by atoms with Gasteiger partial charge in [0.05, 0.1) is 11.3 Å². The van der Waals surface area contributed by atoms with Gasteiger partial charge in [-0.3, -0.25) is 9.59 Å². The molecule has 14 heteroatoms. The highest BCUT2D eigenvalue weighted by molar-refractivity contribution is 6.05. The third-order valence-electron chi connectivity index (χ3n) is 6.32. The van der Waals surface area contributed by atoms with Gasteiger partial charge < -0.3 is 19.5 Å². The Morgan fingerprint density at radius 1 is 1.10 bits per heavy atom. The molecule has 3 heterocycles. The van der Waals surface area contributed by atoms with Crippen LogP contribution in [0, 0.1) is 0 Å². The van der Waals surface area contributed by atoms with Crippen molar-refractivity contribution in [3.63, 3.8) is 0 Å². The highest BCUT2D eigenvalue weighted by Crippen LogP contribution is 2.45. The Balaban J connectivity index is 1.47. The molecule has 0 saturated carbocycles. The van der Waals surface area contributed by atoms with Crippen LogP contribution in [0.25, 0.3) is 16.0 Å². The van der Waals surface area contributed by atoms with Crippen LogP contribution in [-0.4, -0.2) is 57.1 Å². The van der Waals surface area contributed by atoms with Crippen molar-refractivity contribution in [2.24, 2.45) is 5.11 Å². The Hall–Kier alpha value is -5.33. The van der Waals surface area contributed by atoms with Gasteiger partial charge in [-0.15, -0.1) is 0 Å². The number of hydrogen-bond acceptors (Lipinski definition) is 9. The van der Waals surface area contributed by atoms with Gasteiger partial charge in [0.15, 0.2) is 18.1 Å². The fourth-order valence-electron chi connectivity index (χ4n) is 4.48. The summed E-state index contributed by atoms with van der Waals surface area (Å²) in [6, 6.07) is 19.4. The van der Waals surface area contributed by atoms with Gasteiger partial charge in [-0.25, -0.2) is 18.7 Å². The maximum Gasteiger partial charge on any atom is 0.338 e. The quantitative estimate of drug-likeness (QED) is 0.145. The van der Waals surface area contributed by atoms with Crippen molar-refractivity contribution in [2.45, 2.75) is 31.0 Å². The molecule has 0 bridgehead atoms. The minimum Gasteiger partial charge on any atom is -0.459 e. The van der Waals surface area contributed by atoms with Crippen LogP contribution in [0.4, 0.5) is 10.2 Å². The van der Waals surface area contributed by atoms with Gasteiger partial charge >= 0.3 is 11.9 Å². The number of esters is 2. The molecule has 41 heavy (non-hydrogen) atoms. The van der Waals surface area contributed by atoms with E-state index < -0.39 is 48.6 Å². The SMILES string of the molecule is CC(=O)O[C@H]1[C@@H](F)[C@H](c2ccc3c(NC(=O)c4ccccc4)ncnn23)O[C@@]1(COC(=O)c1ccccc1)N=[N+]=[N-]. The normalized spacial score (nSPS) is 21.6. The van der Waals surface area contributed by atoms with Crippen LogP contribution in [-0.2, 0) is 19.0 Å². The first-order valence-corrected chi connectivity index (χ1v) is 12.3. The van der Waals surface area contributed by atoms with Crippen molar-refractivity contribution >= 4 is 29.2 Å². The zero-order chi connectivity index (χ0) is 29.0. The number of fused-ring (bicyclic) bond motifs is 1. The third-order valence-corrected chi connectivity index (χ3v) is 6.32. The van der Waals surface area contributed by atoms with Crippen molar-refractivity contribution in [3.8, 4) is 0 Å². The molecule has 0 unspecified atom stereocenters. The maximum absolute atomic E-state index is 16.0. The predicted octanol–water partition coefficient (Wildman–Crippen LogP) is 4.19. The van der Waals surface area contributed by atoms with Crippen molar-refractivity contribution in [3.05, 3.63) is 106 Å². The first-order valence-electron chi connectivity index (χ1n) is 12.3. The Kier molecular flexibility index (Phi) is 7.59. The van der Waals surface area contributed by atoms with E-state index >= 15 is 4.39 Å². The smallest absolute Gasteiger partial charge is 0.338 e. The number of carbonyl (C=O) groups is 3. The molecule has 13 nitrogen and oxygen atoms in total. The summed E-state index contributed by atoms with van der Waals surface area (Å²) in [5, 5.41) is 10.5. The second-order valence-electron chi connectivity index (χ2n) is 8.97. The lowest BCUT2D eigenvalue weighted by Gasteiger charge is -2.28. The number of nitrogens with zero attached hydrogens (tertiary/aromatic N) is 6. The Bertz CT molecular complexity index is 1640. The molecule has 4 atom stereocenters. The number of hydrogen-bond donors (Lipinski definition) is 1. The highest BCUT2D eigenvalue weighted by Gasteiger charge is 2.60. The Morgan fingerprint density at radius 2 is 1.78 bits per heavy atom. The van der Waals surface area contributed by atoms with E-state index in [1.165, 1.54) is 28.8 Å². The fourth-order valence-corrected chi connectivity index (χ4v) is 4.48. The number of carbonyl (C=O) groups excluding carboxylic acids is 3. The second-order valence-corrected chi connectivity index (χ2v) is 8.97. The number of rotatable bonds is 8. The van der Waals surface area contributed by atoms with Crippen molar-refractivity contribution < 1.29 is 33.0 Å². The lowest BCUT2D eigenvalue weighted by atomic mass is 10.0. The van der Waals surface area contributed by atoms with Crippen LogP contribution in [0.5, 0.6) is 0 Å². The van der Waals surface area contributed by atoms with Gasteiger partial charge in [0.25, 0.3) is 5.91 Å². The standard InChI is InChI=1S/C27H22FN7O6/c1-16(36)40-23-21(28)22(41-27(23,33-34-29)14-39-26(38)18-10-6-3-7-11-18)19-12-13-20-24(30-15-31-35(19)20)32-25(37)17-8-4-2-5-9-17/h2-13,15,21-23H,14H2,1H3,(H,30,31,32,37)/t21-,22-,23-,27+/m0/s1. The minimum absolute atomic E-state index is 0.131. The molecule has 4 aromatic rings. The molecule has 1 aliphatic rings. The number of ether oxygens (including phenoxy) is 3. The van der Waals surface area contributed by atoms with Crippen LogP contribution >= 0.6 is 0 Å². The number of aromatic nitrogens is 3. The summed E-state index contributed by atoms with van der Waals surface area (Å²) in [6.45, 7) is 0.300. The number of azide groups is 1. The summed E-state index contributed by atoms with van der Waals surface area (Å²) >= 11 is 0. The molecule has 1 aliphatic heterocycles. The summed E-state index contributed by atoms with van der Waals surface area (Å²) in [7, 11) is 0. The molecule has 1 N–H and O–H groups in total. The molecule has 208 valence electrons. The summed E-state index contributed by atoms with van der Waals surface area (Å²) in [6.07, 6.45) is -4.18. The number of benzene rings is 2. The molecule has 0 aliphatic carbocycles. The van der Waals surface area contributed by atoms with E-state index in [2.05, 4.69) is 25.4 Å². The van der Waals surface area contributed by atoms with Crippen molar-refractivity contribution in [1.29, 1.82) is 0 Å². The van der Waals surface area contributed by atoms with E-state index in [4.69, 9.17) is 14.2 Å². The highest BCUT2D eigenvalue weighted by atomic mass is 19.1. The number of anilines is 1. The molecule has 2 aromatic carbocycles.